The molecule has 1 aliphatic heterocycles. The van der Waals surface area contributed by atoms with Crippen LogP contribution in [0, 0.1) is 6.92 Å². The summed E-state index contributed by atoms with van der Waals surface area (Å²) < 4.78 is 29.6. The van der Waals surface area contributed by atoms with Gasteiger partial charge in [-0.05, 0) is 25.5 Å². The van der Waals surface area contributed by atoms with Gasteiger partial charge in [-0.25, -0.2) is 8.42 Å². The third-order valence-corrected chi connectivity index (χ3v) is 3.91. The van der Waals surface area contributed by atoms with Crippen LogP contribution in [0.4, 0.5) is 0 Å². The number of nitrogens with zero attached hydrogens (tertiary/aromatic N) is 1. The molecule has 8 heteroatoms. The van der Waals surface area contributed by atoms with Gasteiger partial charge in [-0.15, -0.1) is 0 Å². The van der Waals surface area contributed by atoms with E-state index < -0.39 is 10.0 Å². The average molecular weight is 316 g/mol. The van der Waals surface area contributed by atoms with Gasteiger partial charge in [0.05, 0.1) is 12.7 Å². The van der Waals surface area contributed by atoms with Crippen LogP contribution in [0.3, 0.4) is 0 Å². The van der Waals surface area contributed by atoms with E-state index in [2.05, 4.69) is 4.24 Å². The molecule has 0 radical (unpaired) electrons. The van der Waals surface area contributed by atoms with Gasteiger partial charge in [0.1, 0.15) is 10.0 Å². The van der Waals surface area contributed by atoms with Gasteiger partial charge in [0, 0.05) is 11.5 Å². The van der Waals surface area contributed by atoms with Gasteiger partial charge in [-0.1, -0.05) is 17.7 Å². The van der Waals surface area contributed by atoms with Crippen molar-refractivity contribution in [3.05, 3.63) is 34.1 Å². The first kappa shape index (κ1) is 19.3. The maximum atomic E-state index is 11.0. The number of rotatable bonds is 2. The Bertz CT molecular complexity index is 460. The van der Waals surface area contributed by atoms with Gasteiger partial charge in [0.2, 0.25) is 0 Å². The second-order valence-corrected chi connectivity index (χ2v) is 5.85. The Kier molecular flexibility index (Phi) is 9.47. The molecule has 102 valence electrons. The fourth-order valence-corrected chi connectivity index (χ4v) is 2.07. The molecule has 1 fully saturated rings. The first-order valence-electron chi connectivity index (χ1n) is 5.36. The maximum absolute atomic E-state index is 11.0. The summed E-state index contributed by atoms with van der Waals surface area (Å²) in [6, 6.07) is 6.32. The maximum Gasteiger partial charge on any atom is 1.00 e. The van der Waals surface area contributed by atoms with E-state index in [9.17, 15) is 8.42 Å². The van der Waals surface area contributed by atoms with E-state index >= 15 is 0 Å². The predicted molar refractivity (Wildman–Crippen MR) is 69.0 cm³/mol. The van der Waals surface area contributed by atoms with Crippen molar-refractivity contribution in [1.82, 2.24) is 0 Å². The minimum absolute atomic E-state index is 0. The molecule has 1 aliphatic rings. The Morgan fingerprint density at radius 1 is 1.37 bits per heavy atom. The topological polar surface area (TPSA) is 77.7 Å². The third-order valence-electron chi connectivity index (χ3n) is 2.32. The molecule has 1 aromatic carbocycles. The Hall–Kier alpha value is 0.340. The second-order valence-electron chi connectivity index (χ2n) is 3.87. The number of aryl methyl sites for hydroxylation is 1. The normalized spacial score (nSPS) is 18.2. The Morgan fingerprint density at radius 2 is 1.95 bits per heavy atom. The first-order valence-corrected chi connectivity index (χ1v) is 7.14. The summed E-state index contributed by atoms with van der Waals surface area (Å²) in [7, 11) is -3.62. The summed E-state index contributed by atoms with van der Waals surface area (Å²) in [6.45, 7) is 3.15. The van der Waals surface area contributed by atoms with Crippen molar-refractivity contribution < 1.29 is 47.8 Å². The molecule has 1 saturated heterocycles. The van der Waals surface area contributed by atoms with Crippen LogP contribution in [0.25, 0.3) is 4.24 Å². The van der Waals surface area contributed by atoms with E-state index in [-0.39, 0.29) is 40.6 Å². The van der Waals surface area contributed by atoms with Gasteiger partial charge < -0.3 is 14.1 Å². The number of hydrogen-bond acceptors (Lipinski definition) is 4. The van der Waals surface area contributed by atoms with E-state index in [1.807, 2.05) is 6.92 Å². The fraction of sp³-hybridized carbons (Fsp3) is 0.455. The number of sulfonamides is 1. The van der Waals surface area contributed by atoms with Crippen LogP contribution >= 0.6 is 11.8 Å². The van der Waals surface area contributed by atoms with E-state index in [0.717, 1.165) is 18.6 Å². The number of halogens is 1. The van der Waals surface area contributed by atoms with Gasteiger partial charge in [-0.3, -0.25) is 11.8 Å². The van der Waals surface area contributed by atoms with Crippen molar-refractivity contribution in [3.63, 3.8) is 0 Å². The molecular formula is C11H15ClNNaO4S. The SMILES string of the molecule is Cc1ccc(S(=O)(=O)[N-]Cl)cc1.OC1CCOC1.[Na+]. The van der Waals surface area contributed by atoms with Crippen molar-refractivity contribution in [2.45, 2.75) is 24.3 Å². The smallest absolute Gasteiger partial charge is 0.458 e. The van der Waals surface area contributed by atoms with Crippen LogP contribution in [0.1, 0.15) is 12.0 Å². The zero-order valence-corrected chi connectivity index (χ0v) is 14.5. The molecular weight excluding hydrogens is 301 g/mol. The summed E-state index contributed by atoms with van der Waals surface area (Å²) in [5.74, 6) is 0. The Labute approximate surface area is 140 Å². The summed E-state index contributed by atoms with van der Waals surface area (Å²) in [5, 5.41) is 8.60. The van der Waals surface area contributed by atoms with Gasteiger partial charge >= 0.3 is 29.6 Å². The van der Waals surface area contributed by atoms with E-state index in [1.165, 1.54) is 12.1 Å². The van der Waals surface area contributed by atoms with Crippen molar-refractivity contribution in [3.8, 4) is 0 Å². The molecule has 1 heterocycles. The molecule has 0 saturated carbocycles. The van der Waals surface area contributed by atoms with Crippen LogP contribution in [-0.2, 0) is 14.8 Å². The van der Waals surface area contributed by atoms with Crippen LogP contribution in [-0.4, -0.2) is 32.8 Å². The average Bonchev–Trinajstić information content (AvgIpc) is 2.82. The molecule has 19 heavy (non-hydrogen) atoms. The Morgan fingerprint density at radius 3 is 2.26 bits per heavy atom. The van der Waals surface area contributed by atoms with E-state index in [0.29, 0.717) is 6.61 Å². The number of aliphatic hydroxyl groups excluding tert-OH is 1. The van der Waals surface area contributed by atoms with Crippen molar-refractivity contribution >= 4 is 21.8 Å². The molecule has 0 aliphatic carbocycles. The van der Waals surface area contributed by atoms with Gasteiger partial charge in [0.25, 0.3) is 0 Å². The molecule has 1 unspecified atom stereocenters. The van der Waals surface area contributed by atoms with Crippen LogP contribution in [0.15, 0.2) is 29.2 Å². The van der Waals surface area contributed by atoms with Crippen LogP contribution < -0.4 is 29.6 Å². The third kappa shape index (κ3) is 7.06. The number of ether oxygens (including phenoxy) is 1. The summed E-state index contributed by atoms with van der Waals surface area (Å²) in [6.07, 6.45) is 0.644. The molecule has 0 spiro atoms. The molecule has 1 N–H and O–H groups in total. The zero-order chi connectivity index (χ0) is 13.6. The second kappa shape index (κ2) is 9.31. The predicted octanol–water partition coefficient (Wildman–Crippen LogP) is -1.02. The molecule has 0 aromatic heterocycles. The molecule has 5 nitrogen and oxygen atoms in total. The van der Waals surface area contributed by atoms with Crippen LogP contribution in [0.5, 0.6) is 0 Å². The quantitative estimate of drug-likeness (QED) is 0.709. The zero-order valence-electron chi connectivity index (χ0n) is 10.9. The van der Waals surface area contributed by atoms with Gasteiger partial charge in [0.15, 0.2) is 0 Å². The number of hydrogen-bond donors (Lipinski definition) is 1. The van der Waals surface area contributed by atoms with E-state index in [1.54, 1.807) is 12.1 Å². The van der Waals surface area contributed by atoms with Crippen molar-refractivity contribution in [2.24, 2.45) is 0 Å². The largest absolute Gasteiger partial charge is 1.00 e. The van der Waals surface area contributed by atoms with E-state index in [4.69, 9.17) is 21.6 Å². The summed E-state index contributed by atoms with van der Waals surface area (Å²) in [5.41, 5.74) is 0.989. The fourth-order valence-electron chi connectivity index (χ4n) is 1.27. The minimum atomic E-state index is -3.62. The monoisotopic (exact) mass is 315 g/mol. The molecule has 0 bridgehead atoms. The van der Waals surface area contributed by atoms with Crippen LogP contribution in [0.2, 0.25) is 0 Å². The van der Waals surface area contributed by atoms with Crippen molar-refractivity contribution in [1.29, 1.82) is 0 Å². The minimum Gasteiger partial charge on any atom is -0.458 e. The molecule has 2 rings (SSSR count). The molecule has 0 amide bonds. The molecule has 1 aromatic rings. The van der Waals surface area contributed by atoms with Gasteiger partial charge in [-0.2, -0.15) is 0 Å². The summed E-state index contributed by atoms with van der Waals surface area (Å²) >= 11 is 4.90. The molecule has 1 atom stereocenters. The Balaban J connectivity index is 0.000000392. The number of aliphatic hydroxyl groups is 1. The first-order chi connectivity index (χ1) is 8.45. The summed E-state index contributed by atoms with van der Waals surface area (Å²) in [4.78, 5) is 0.114. The van der Waals surface area contributed by atoms with Crippen molar-refractivity contribution in [2.75, 3.05) is 13.2 Å². The standard InChI is InChI=1S/C7H7ClNO2S.C4H8O2.Na/c1-6-2-4-7(5-3-6)12(10,11)9-8;5-4-1-2-6-3-4;/h2-5H,1H3;4-5H,1-3H2;/q-1;;+1. The number of benzene rings is 1.